The Morgan fingerprint density at radius 2 is 2.00 bits per heavy atom. The van der Waals surface area contributed by atoms with Crippen LogP contribution >= 0.6 is 0 Å². The lowest BCUT2D eigenvalue weighted by Crippen LogP contribution is -2.37. The van der Waals surface area contributed by atoms with E-state index in [1.54, 1.807) is 0 Å². The van der Waals surface area contributed by atoms with Gasteiger partial charge in [-0.3, -0.25) is 4.79 Å². The molecule has 1 rings (SSSR count). The van der Waals surface area contributed by atoms with Crippen LogP contribution in [0.4, 0.5) is 0 Å². The minimum Gasteiger partial charge on any atom is -0.480 e. The molecule has 0 radical (unpaired) electrons. The van der Waals surface area contributed by atoms with Crippen molar-refractivity contribution in [3.63, 3.8) is 0 Å². The third-order valence-corrected chi connectivity index (χ3v) is 2.92. The number of nitrogens with two attached hydrogens (primary N) is 1. The van der Waals surface area contributed by atoms with E-state index in [9.17, 15) is 4.79 Å². The number of hydrogen-bond acceptors (Lipinski definition) is 2. The van der Waals surface area contributed by atoms with Crippen LogP contribution < -0.4 is 5.73 Å². The average Bonchev–Trinajstić information content (AvgIpc) is 2.17. The van der Waals surface area contributed by atoms with Gasteiger partial charge < -0.3 is 10.8 Å². The van der Waals surface area contributed by atoms with Crippen molar-refractivity contribution in [2.24, 2.45) is 5.73 Å². The van der Waals surface area contributed by atoms with Crippen LogP contribution in [0.3, 0.4) is 0 Å². The normalized spacial score (nSPS) is 13.5. The predicted molar refractivity (Wildman–Crippen MR) is 64.4 cm³/mol. The molecule has 0 aliphatic rings. The van der Waals surface area contributed by atoms with Crippen LogP contribution in [0.2, 0.25) is 0 Å². The maximum atomic E-state index is 10.8. The minimum absolute atomic E-state index is 0.219. The van der Waals surface area contributed by atoms with Gasteiger partial charge in [-0.05, 0) is 29.9 Å². The number of benzene rings is 1. The van der Waals surface area contributed by atoms with Crippen molar-refractivity contribution < 1.29 is 9.90 Å². The Balaban J connectivity index is 2.94. The third kappa shape index (κ3) is 2.83. The standard InChI is InChI=1S/C13H19NO2/c1-9-6-4-5-7-10(9)13(2,3)8-11(14)12(15)16/h4-7,11H,8,14H2,1-3H3,(H,15,16). The Kier molecular flexibility index (Phi) is 3.70. The lowest BCUT2D eigenvalue weighted by atomic mass is 9.77. The van der Waals surface area contributed by atoms with Gasteiger partial charge in [-0.15, -0.1) is 0 Å². The van der Waals surface area contributed by atoms with E-state index >= 15 is 0 Å². The monoisotopic (exact) mass is 221 g/mol. The van der Waals surface area contributed by atoms with Gasteiger partial charge in [-0.25, -0.2) is 0 Å². The van der Waals surface area contributed by atoms with Gasteiger partial charge in [0.25, 0.3) is 0 Å². The lowest BCUT2D eigenvalue weighted by Gasteiger charge is -2.28. The second kappa shape index (κ2) is 4.66. The van der Waals surface area contributed by atoms with Crippen LogP contribution in [0.1, 0.15) is 31.4 Å². The van der Waals surface area contributed by atoms with Crippen molar-refractivity contribution in [1.82, 2.24) is 0 Å². The molecule has 1 aromatic carbocycles. The Morgan fingerprint density at radius 1 is 1.44 bits per heavy atom. The fraction of sp³-hybridized carbons (Fsp3) is 0.462. The summed E-state index contributed by atoms with van der Waals surface area (Å²) in [5, 5.41) is 8.84. The number of hydrogen-bond donors (Lipinski definition) is 2. The van der Waals surface area contributed by atoms with E-state index in [-0.39, 0.29) is 5.41 Å². The first kappa shape index (κ1) is 12.7. The molecule has 0 spiro atoms. The molecule has 1 unspecified atom stereocenters. The second-order valence-corrected chi connectivity index (χ2v) is 4.85. The quantitative estimate of drug-likeness (QED) is 0.818. The molecule has 0 aliphatic heterocycles. The zero-order valence-corrected chi connectivity index (χ0v) is 10.0. The predicted octanol–water partition coefficient (Wildman–Crippen LogP) is 2.07. The van der Waals surface area contributed by atoms with Crippen molar-refractivity contribution in [2.45, 2.75) is 38.6 Å². The summed E-state index contributed by atoms with van der Waals surface area (Å²) in [5.74, 6) is -0.943. The molecule has 1 aromatic rings. The fourth-order valence-corrected chi connectivity index (χ4v) is 2.08. The zero-order valence-electron chi connectivity index (χ0n) is 10.0. The van der Waals surface area contributed by atoms with Crippen molar-refractivity contribution in [3.05, 3.63) is 35.4 Å². The molecule has 0 saturated carbocycles. The Bertz CT molecular complexity index is 385. The van der Waals surface area contributed by atoms with E-state index < -0.39 is 12.0 Å². The number of carboxylic acid groups (broad SMARTS) is 1. The summed E-state index contributed by atoms with van der Waals surface area (Å²) in [4.78, 5) is 10.8. The van der Waals surface area contributed by atoms with Gasteiger partial charge in [-0.1, -0.05) is 38.1 Å². The average molecular weight is 221 g/mol. The number of carbonyl (C=O) groups is 1. The maximum absolute atomic E-state index is 10.8. The molecule has 3 nitrogen and oxygen atoms in total. The Labute approximate surface area is 96.3 Å². The van der Waals surface area contributed by atoms with Crippen LogP contribution in [0.25, 0.3) is 0 Å². The highest BCUT2D eigenvalue weighted by molar-refractivity contribution is 5.73. The molecular formula is C13H19NO2. The molecule has 88 valence electrons. The van der Waals surface area contributed by atoms with E-state index in [0.29, 0.717) is 6.42 Å². The molecule has 0 amide bonds. The van der Waals surface area contributed by atoms with Gasteiger partial charge in [0.05, 0.1) is 0 Å². The molecular weight excluding hydrogens is 202 g/mol. The fourth-order valence-electron chi connectivity index (χ4n) is 2.08. The lowest BCUT2D eigenvalue weighted by molar-refractivity contribution is -0.139. The van der Waals surface area contributed by atoms with Crippen molar-refractivity contribution in [3.8, 4) is 0 Å². The number of aliphatic carboxylic acids is 1. The van der Waals surface area contributed by atoms with Crippen LogP contribution in [0.15, 0.2) is 24.3 Å². The summed E-state index contributed by atoms with van der Waals surface area (Å²) < 4.78 is 0. The third-order valence-electron chi connectivity index (χ3n) is 2.92. The smallest absolute Gasteiger partial charge is 0.320 e. The van der Waals surface area contributed by atoms with Crippen molar-refractivity contribution in [1.29, 1.82) is 0 Å². The SMILES string of the molecule is Cc1ccccc1C(C)(C)CC(N)C(=O)O. The summed E-state index contributed by atoms with van der Waals surface area (Å²) in [6, 6.07) is 7.20. The first-order valence-corrected chi connectivity index (χ1v) is 5.39. The van der Waals surface area contributed by atoms with Gasteiger partial charge >= 0.3 is 5.97 Å². The van der Waals surface area contributed by atoms with Crippen LogP contribution in [0, 0.1) is 6.92 Å². The highest BCUT2D eigenvalue weighted by Crippen LogP contribution is 2.30. The van der Waals surface area contributed by atoms with E-state index in [0.717, 1.165) is 5.56 Å². The number of aryl methyl sites for hydroxylation is 1. The van der Waals surface area contributed by atoms with Crippen LogP contribution in [0.5, 0.6) is 0 Å². The molecule has 3 heteroatoms. The number of carboxylic acids is 1. The molecule has 0 fully saturated rings. The molecule has 0 aliphatic carbocycles. The second-order valence-electron chi connectivity index (χ2n) is 4.85. The van der Waals surface area contributed by atoms with Gasteiger partial charge in [-0.2, -0.15) is 0 Å². The minimum atomic E-state index is -0.943. The highest BCUT2D eigenvalue weighted by Gasteiger charge is 2.27. The summed E-state index contributed by atoms with van der Waals surface area (Å²) in [6.07, 6.45) is 0.438. The zero-order chi connectivity index (χ0) is 12.3. The molecule has 0 saturated heterocycles. The van der Waals surface area contributed by atoms with Gasteiger partial charge in [0.2, 0.25) is 0 Å². The molecule has 16 heavy (non-hydrogen) atoms. The van der Waals surface area contributed by atoms with E-state index in [2.05, 4.69) is 0 Å². The summed E-state index contributed by atoms with van der Waals surface area (Å²) >= 11 is 0. The van der Waals surface area contributed by atoms with Gasteiger partial charge in [0, 0.05) is 0 Å². The molecule has 3 N–H and O–H groups in total. The molecule has 0 heterocycles. The van der Waals surface area contributed by atoms with Crippen molar-refractivity contribution in [2.75, 3.05) is 0 Å². The summed E-state index contributed by atoms with van der Waals surface area (Å²) in [6.45, 7) is 6.08. The van der Waals surface area contributed by atoms with Gasteiger partial charge in [0.1, 0.15) is 6.04 Å². The molecule has 1 atom stereocenters. The van der Waals surface area contributed by atoms with Crippen LogP contribution in [-0.4, -0.2) is 17.1 Å². The van der Waals surface area contributed by atoms with Crippen molar-refractivity contribution >= 4 is 5.97 Å². The Morgan fingerprint density at radius 3 is 2.50 bits per heavy atom. The van der Waals surface area contributed by atoms with E-state index in [4.69, 9.17) is 10.8 Å². The first-order valence-electron chi connectivity index (χ1n) is 5.39. The maximum Gasteiger partial charge on any atom is 0.320 e. The number of rotatable bonds is 4. The van der Waals surface area contributed by atoms with E-state index in [1.165, 1.54) is 5.56 Å². The summed E-state index contributed by atoms with van der Waals surface area (Å²) in [5.41, 5.74) is 7.70. The summed E-state index contributed by atoms with van der Waals surface area (Å²) in [7, 11) is 0. The largest absolute Gasteiger partial charge is 0.480 e. The first-order chi connectivity index (χ1) is 7.34. The topological polar surface area (TPSA) is 63.3 Å². The van der Waals surface area contributed by atoms with E-state index in [1.807, 2.05) is 45.0 Å². The van der Waals surface area contributed by atoms with Crippen LogP contribution in [-0.2, 0) is 10.2 Å². The Hall–Kier alpha value is -1.35. The molecule has 0 bridgehead atoms. The highest BCUT2D eigenvalue weighted by atomic mass is 16.4. The van der Waals surface area contributed by atoms with Gasteiger partial charge in [0.15, 0.2) is 0 Å². The molecule has 0 aromatic heterocycles.